The molecule has 0 unspecified atom stereocenters. The Bertz CT molecular complexity index is 1630. The number of phenols is 1. The second kappa shape index (κ2) is 11.4. The van der Waals surface area contributed by atoms with Crippen LogP contribution in [-0.4, -0.2) is 53.9 Å². The number of likely N-dealkylation sites (tertiary alicyclic amines) is 1. The van der Waals surface area contributed by atoms with Crippen molar-refractivity contribution < 1.29 is 33.8 Å². The Balaban J connectivity index is 1.32. The molecule has 4 fully saturated rings. The summed E-state index contributed by atoms with van der Waals surface area (Å²) in [5.74, 6) is -2.90. The minimum Gasteiger partial charge on any atom is -0.502 e. The number of anilines is 1. The van der Waals surface area contributed by atoms with Gasteiger partial charge in [-0.05, 0) is 68.4 Å². The summed E-state index contributed by atoms with van der Waals surface area (Å²) in [6, 6.07) is 12.3. The number of phenolic OH excluding ortho intramolecular Hbond substituents is 1. The number of aromatic hydroxyl groups is 1. The lowest BCUT2D eigenvalue weighted by Gasteiger charge is -2.48. The van der Waals surface area contributed by atoms with Crippen LogP contribution in [0.2, 0.25) is 0 Å². The number of ether oxygens (including phenoxy) is 2. The quantitative estimate of drug-likeness (QED) is 0.333. The molecular formula is C37H40N2O7. The molecule has 7 rings (SSSR count). The van der Waals surface area contributed by atoms with Gasteiger partial charge in [-0.3, -0.25) is 24.1 Å². The largest absolute Gasteiger partial charge is 0.502 e. The van der Waals surface area contributed by atoms with E-state index >= 15 is 0 Å². The molecule has 2 aromatic rings. The molecule has 5 aliphatic rings. The van der Waals surface area contributed by atoms with E-state index in [1.807, 2.05) is 25.1 Å². The van der Waals surface area contributed by atoms with Crippen molar-refractivity contribution in [2.45, 2.75) is 57.9 Å². The van der Waals surface area contributed by atoms with E-state index in [4.69, 9.17) is 9.47 Å². The number of imide groups is 2. The van der Waals surface area contributed by atoms with E-state index in [0.29, 0.717) is 24.1 Å². The second-order valence-electron chi connectivity index (χ2n) is 13.5. The molecule has 4 amide bonds. The van der Waals surface area contributed by atoms with E-state index in [-0.39, 0.29) is 52.8 Å². The lowest BCUT2D eigenvalue weighted by atomic mass is 9.52. The standard InChI is InChI=1S/C37H40N2O7/c1-37-27(17-14-21-18-29(45-2)32(40)30(19-21)46-3)24-15-16-25-31(35(43)38(33(25)41)22-10-6-4-7-11-22)26(24)20-28(37)34(42)39(36(37)44)23-12-8-5-9-13-23/h5,8-9,12-15,17-19,22,25-28,31,40H,4,6-7,10-11,16,20H2,1-3H3/t25-,26+,27-,28-,31-,37-/m0/s1. The lowest BCUT2D eigenvalue weighted by molar-refractivity contribution is -0.144. The molecule has 0 radical (unpaired) electrons. The fraction of sp³-hybridized carbons (Fsp3) is 0.459. The van der Waals surface area contributed by atoms with Crippen molar-refractivity contribution in [3.8, 4) is 17.2 Å². The second-order valence-corrected chi connectivity index (χ2v) is 13.5. The van der Waals surface area contributed by atoms with Crippen LogP contribution in [-0.2, 0) is 19.2 Å². The molecule has 3 aliphatic carbocycles. The first-order valence-corrected chi connectivity index (χ1v) is 16.3. The van der Waals surface area contributed by atoms with Crippen LogP contribution in [0.4, 0.5) is 5.69 Å². The molecule has 0 aromatic heterocycles. The van der Waals surface area contributed by atoms with Crippen LogP contribution in [0.15, 0.2) is 60.2 Å². The molecule has 240 valence electrons. The zero-order chi connectivity index (χ0) is 32.3. The third-order valence-electron chi connectivity index (χ3n) is 11.3. The number of rotatable bonds is 6. The zero-order valence-electron chi connectivity index (χ0n) is 26.5. The summed E-state index contributed by atoms with van der Waals surface area (Å²) in [5, 5.41) is 10.5. The fourth-order valence-corrected chi connectivity index (χ4v) is 8.98. The first kappa shape index (κ1) is 30.3. The van der Waals surface area contributed by atoms with E-state index in [2.05, 4.69) is 6.08 Å². The third kappa shape index (κ3) is 4.42. The highest BCUT2D eigenvalue weighted by molar-refractivity contribution is 6.24. The number of carbonyl (C=O) groups is 4. The minimum atomic E-state index is -1.11. The Morgan fingerprint density at radius 1 is 0.891 bits per heavy atom. The Labute approximate surface area is 268 Å². The maximum atomic E-state index is 14.5. The SMILES string of the molecule is COc1cc(C=C[C@H]2C3=CC[C@@H]4C(=O)N(C5CCCCC5)C(=O)[C@@H]4[C@@H]3C[C@H]3C(=O)N(c4ccccc4)C(=O)[C@@]23C)cc(OC)c1O. The van der Waals surface area contributed by atoms with Gasteiger partial charge in [0, 0.05) is 12.0 Å². The predicted molar refractivity (Wildman–Crippen MR) is 171 cm³/mol. The average molecular weight is 625 g/mol. The number of amides is 4. The summed E-state index contributed by atoms with van der Waals surface area (Å²) < 4.78 is 10.7. The topological polar surface area (TPSA) is 113 Å². The zero-order valence-corrected chi connectivity index (χ0v) is 26.5. The number of allylic oxidation sites excluding steroid dienone is 3. The van der Waals surface area contributed by atoms with Crippen molar-refractivity contribution in [3.05, 3.63) is 65.8 Å². The van der Waals surface area contributed by atoms with Crippen molar-refractivity contribution in [1.82, 2.24) is 4.90 Å². The highest BCUT2D eigenvalue weighted by Gasteiger charge is 2.67. The first-order chi connectivity index (χ1) is 22.2. The molecule has 0 spiro atoms. The minimum absolute atomic E-state index is 0.0601. The average Bonchev–Trinajstić information content (AvgIpc) is 3.44. The van der Waals surface area contributed by atoms with E-state index in [1.165, 1.54) is 19.1 Å². The van der Waals surface area contributed by atoms with Gasteiger partial charge in [-0.15, -0.1) is 0 Å². The molecule has 2 saturated carbocycles. The molecule has 2 saturated heterocycles. The monoisotopic (exact) mass is 624 g/mol. The summed E-state index contributed by atoms with van der Waals surface area (Å²) in [5.41, 5.74) is 1.03. The fourth-order valence-electron chi connectivity index (χ4n) is 8.98. The Morgan fingerprint density at radius 2 is 1.57 bits per heavy atom. The first-order valence-electron chi connectivity index (χ1n) is 16.3. The van der Waals surface area contributed by atoms with Gasteiger partial charge in [-0.1, -0.05) is 61.3 Å². The molecule has 2 aliphatic heterocycles. The van der Waals surface area contributed by atoms with E-state index in [9.17, 15) is 24.3 Å². The van der Waals surface area contributed by atoms with Crippen molar-refractivity contribution in [1.29, 1.82) is 0 Å². The number of benzene rings is 2. The van der Waals surface area contributed by atoms with Crippen LogP contribution in [0.5, 0.6) is 17.2 Å². The highest BCUT2D eigenvalue weighted by atomic mass is 16.5. The maximum absolute atomic E-state index is 14.5. The van der Waals surface area contributed by atoms with E-state index in [1.54, 1.807) is 41.3 Å². The number of para-hydroxylation sites is 1. The Morgan fingerprint density at radius 3 is 2.22 bits per heavy atom. The van der Waals surface area contributed by atoms with Crippen LogP contribution in [0.3, 0.4) is 0 Å². The van der Waals surface area contributed by atoms with Crippen LogP contribution in [0.1, 0.15) is 57.4 Å². The van der Waals surface area contributed by atoms with Crippen LogP contribution >= 0.6 is 0 Å². The molecule has 6 atom stereocenters. The molecule has 9 nitrogen and oxygen atoms in total. The normalized spacial score (nSPS) is 31.2. The Kier molecular flexibility index (Phi) is 7.53. The van der Waals surface area contributed by atoms with Crippen molar-refractivity contribution in [2.24, 2.45) is 35.0 Å². The molecular weight excluding hydrogens is 584 g/mol. The van der Waals surface area contributed by atoms with E-state index in [0.717, 1.165) is 37.7 Å². The van der Waals surface area contributed by atoms with Crippen LogP contribution in [0, 0.1) is 35.0 Å². The molecule has 0 bridgehead atoms. The summed E-state index contributed by atoms with van der Waals surface area (Å²) >= 11 is 0. The van der Waals surface area contributed by atoms with Gasteiger partial charge in [0.1, 0.15) is 0 Å². The summed E-state index contributed by atoms with van der Waals surface area (Å²) in [6.45, 7) is 1.87. The van der Waals surface area contributed by atoms with Gasteiger partial charge in [-0.2, -0.15) is 0 Å². The molecule has 46 heavy (non-hydrogen) atoms. The van der Waals surface area contributed by atoms with Crippen molar-refractivity contribution in [3.63, 3.8) is 0 Å². The van der Waals surface area contributed by atoms with Gasteiger partial charge in [-0.25, -0.2) is 4.90 Å². The van der Waals surface area contributed by atoms with Gasteiger partial charge < -0.3 is 14.6 Å². The van der Waals surface area contributed by atoms with E-state index < -0.39 is 29.1 Å². The smallest absolute Gasteiger partial charge is 0.241 e. The predicted octanol–water partition coefficient (Wildman–Crippen LogP) is 5.52. The number of hydrogen-bond acceptors (Lipinski definition) is 7. The number of hydrogen-bond donors (Lipinski definition) is 1. The van der Waals surface area contributed by atoms with Gasteiger partial charge in [0.05, 0.1) is 43.1 Å². The van der Waals surface area contributed by atoms with Gasteiger partial charge in [0.25, 0.3) is 0 Å². The highest BCUT2D eigenvalue weighted by Crippen LogP contribution is 2.61. The number of methoxy groups -OCH3 is 2. The number of nitrogens with zero attached hydrogens (tertiary/aromatic N) is 2. The molecule has 9 heteroatoms. The Hall–Kier alpha value is -4.40. The summed E-state index contributed by atoms with van der Waals surface area (Å²) in [4.78, 5) is 59.6. The van der Waals surface area contributed by atoms with Crippen LogP contribution < -0.4 is 14.4 Å². The van der Waals surface area contributed by atoms with Crippen molar-refractivity contribution >= 4 is 35.4 Å². The van der Waals surface area contributed by atoms with Gasteiger partial charge in [0.15, 0.2) is 11.5 Å². The number of carbonyl (C=O) groups excluding carboxylic acids is 4. The molecule has 2 heterocycles. The van der Waals surface area contributed by atoms with Crippen molar-refractivity contribution in [2.75, 3.05) is 19.1 Å². The summed E-state index contributed by atoms with van der Waals surface area (Å²) in [7, 11) is 2.92. The third-order valence-corrected chi connectivity index (χ3v) is 11.3. The van der Waals surface area contributed by atoms with Gasteiger partial charge >= 0.3 is 0 Å². The van der Waals surface area contributed by atoms with Gasteiger partial charge in [0.2, 0.25) is 29.4 Å². The molecule has 1 N–H and O–H groups in total. The summed E-state index contributed by atoms with van der Waals surface area (Å²) in [6.07, 6.45) is 11.4. The molecule has 2 aromatic carbocycles. The van der Waals surface area contributed by atoms with Crippen LogP contribution in [0.25, 0.3) is 6.08 Å². The number of fused-ring (bicyclic) bond motifs is 4. The lowest BCUT2D eigenvalue weighted by Crippen LogP contribution is -2.49. The maximum Gasteiger partial charge on any atom is 0.241 e.